The Hall–Kier alpha value is -3.77. The predicted octanol–water partition coefficient (Wildman–Crippen LogP) is 7.01. The van der Waals surface area contributed by atoms with Crippen molar-refractivity contribution in [3.8, 4) is 23.3 Å². The first kappa shape index (κ1) is 21.5. The van der Waals surface area contributed by atoms with Gasteiger partial charge in [-0.1, -0.05) is 50.5 Å². The van der Waals surface area contributed by atoms with Gasteiger partial charge in [0.1, 0.15) is 11.5 Å². The van der Waals surface area contributed by atoms with Crippen molar-refractivity contribution in [2.45, 2.75) is 27.2 Å². The number of hydrogen-bond acceptors (Lipinski definition) is 3. The zero-order chi connectivity index (χ0) is 22.5. The van der Waals surface area contributed by atoms with Crippen LogP contribution in [0.2, 0.25) is 0 Å². The Bertz CT molecular complexity index is 1340. The minimum atomic E-state index is -0.378. The lowest BCUT2D eigenvalue weighted by Gasteiger charge is -2.12. The topological polar surface area (TPSA) is 35.5 Å². The van der Waals surface area contributed by atoms with E-state index >= 15 is 0 Å². The molecule has 0 aliphatic heterocycles. The van der Waals surface area contributed by atoms with Gasteiger partial charge in [0.05, 0.1) is 12.2 Å². The van der Waals surface area contributed by atoms with E-state index in [4.69, 9.17) is 9.47 Å². The molecule has 0 aliphatic carbocycles. The smallest absolute Gasteiger partial charge is 0.343 e. The van der Waals surface area contributed by atoms with Gasteiger partial charge in [0.15, 0.2) is 0 Å². The molecule has 4 aromatic carbocycles. The molecule has 0 saturated heterocycles. The molecule has 0 bridgehead atoms. The molecule has 3 heteroatoms. The van der Waals surface area contributed by atoms with Crippen LogP contribution in [0.25, 0.3) is 21.5 Å². The molecule has 1 unspecified atom stereocenters. The summed E-state index contributed by atoms with van der Waals surface area (Å²) in [7, 11) is 0. The summed E-state index contributed by atoms with van der Waals surface area (Å²) in [4.78, 5) is 12.7. The van der Waals surface area contributed by atoms with Crippen molar-refractivity contribution in [2.24, 2.45) is 5.92 Å². The molecular weight excluding hydrogens is 396 g/mol. The molecule has 32 heavy (non-hydrogen) atoms. The van der Waals surface area contributed by atoms with E-state index in [2.05, 4.69) is 25.7 Å². The van der Waals surface area contributed by atoms with Crippen LogP contribution in [0.3, 0.4) is 0 Å². The monoisotopic (exact) mass is 422 g/mol. The molecular formula is C29H26O3. The van der Waals surface area contributed by atoms with Crippen LogP contribution in [0.1, 0.15) is 43.1 Å². The van der Waals surface area contributed by atoms with E-state index in [1.807, 2.05) is 73.7 Å². The Labute approximate surface area is 189 Å². The van der Waals surface area contributed by atoms with Crippen LogP contribution in [-0.2, 0) is 0 Å². The van der Waals surface area contributed by atoms with Crippen LogP contribution in [0.5, 0.6) is 11.5 Å². The van der Waals surface area contributed by atoms with E-state index < -0.39 is 0 Å². The van der Waals surface area contributed by atoms with Crippen LogP contribution in [0.4, 0.5) is 0 Å². The zero-order valence-electron chi connectivity index (χ0n) is 18.6. The molecule has 0 spiro atoms. The maximum atomic E-state index is 12.7. The largest absolute Gasteiger partial charge is 0.493 e. The second-order valence-corrected chi connectivity index (χ2v) is 8.04. The summed E-state index contributed by atoms with van der Waals surface area (Å²) in [5.41, 5.74) is 1.47. The lowest BCUT2D eigenvalue weighted by molar-refractivity contribution is 0.0735. The number of esters is 1. The molecule has 0 aromatic heterocycles. The van der Waals surface area contributed by atoms with E-state index in [9.17, 15) is 4.79 Å². The van der Waals surface area contributed by atoms with Crippen LogP contribution in [0, 0.1) is 17.8 Å². The third-order valence-corrected chi connectivity index (χ3v) is 5.57. The number of rotatable bonds is 6. The van der Waals surface area contributed by atoms with Crippen molar-refractivity contribution in [2.75, 3.05) is 6.61 Å². The molecule has 3 nitrogen and oxygen atoms in total. The summed E-state index contributed by atoms with van der Waals surface area (Å²) < 4.78 is 11.5. The number of carbonyl (C=O) groups excluding carboxylic acids is 1. The Morgan fingerprint density at radius 1 is 0.844 bits per heavy atom. The highest BCUT2D eigenvalue weighted by Gasteiger charge is 2.11. The third-order valence-electron chi connectivity index (χ3n) is 5.57. The molecule has 4 aromatic rings. The summed E-state index contributed by atoms with van der Waals surface area (Å²) in [5, 5.41) is 4.06. The fourth-order valence-electron chi connectivity index (χ4n) is 3.47. The van der Waals surface area contributed by atoms with E-state index in [0.717, 1.165) is 39.3 Å². The Kier molecular flexibility index (Phi) is 6.42. The van der Waals surface area contributed by atoms with Crippen molar-refractivity contribution in [3.63, 3.8) is 0 Å². The predicted molar refractivity (Wildman–Crippen MR) is 130 cm³/mol. The quantitative estimate of drug-likeness (QED) is 0.190. The van der Waals surface area contributed by atoms with Crippen molar-refractivity contribution >= 4 is 27.5 Å². The van der Waals surface area contributed by atoms with Crippen molar-refractivity contribution in [1.82, 2.24) is 0 Å². The van der Waals surface area contributed by atoms with Gasteiger partial charge in [0, 0.05) is 5.56 Å². The molecule has 160 valence electrons. The van der Waals surface area contributed by atoms with Crippen molar-refractivity contribution in [3.05, 3.63) is 83.9 Å². The highest BCUT2D eigenvalue weighted by atomic mass is 16.5. The Morgan fingerprint density at radius 2 is 1.47 bits per heavy atom. The second kappa shape index (κ2) is 9.58. The molecule has 0 saturated carbocycles. The highest BCUT2D eigenvalue weighted by molar-refractivity contribution is 5.97. The Morgan fingerprint density at radius 3 is 2.22 bits per heavy atom. The number of carbonyl (C=O) groups is 1. The minimum absolute atomic E-state index is 0.378. The van der Waals surface area contributed by atoms with Gasteiger partial charge in [-0.05, 0) is 82.9 Å². The fourth-order valence-corrected chi connectivity index (χ4v) is 3.47. The van der Waals surface area contributed by atoms with E-state index in [-0.39, 0.29) is 5.97 Å². The maximum Gasteiger partial charge on any atom is 0.343 e. The van der Waals surface area contributed by atoms with Crippen LogP contribution in [-0.4, -0.2) is 12.6 Å². The van der Waals surface area contributed by atoms with Crippen LogP contribution >= 0.6 is 0 Å². The summed E-state index contributed by atoms with van der Waals surface area (Å²) in [6, 6.07) is 23.1. The SMILES string of the molecule is CC#Cc1ccc2cc(C(=O)Oc3ccc4cc(OCC(C)CC)ccc4c3)ccc2c1. The van der Waals surface area contributed by atoms with E-state index in [1.54, 1.807) is 6.07 Å². The number of fused-ring (bicyclic) bond motifs is 2. The van der Waals surface area contributed by atoms with Gasteiger partial charge in [-0.2, -0.15) is 0 Å². The zero-order valence-corrected chi connectivity index (χ0v) is 18.6. The summed E-state index contributed by atoms with van der Waals surface area (Å²) in [6.07, 6.45) is 1.09. The summed E-state index contributed by atoms with van der Waals surface area (Å²) in [6.45, 7) is 6.86. The van der Waals surface area contributed by atoms with Gasteiger partial charge in [-0.15, -0.1) is 5.92 Å². The van der Waals surface area contributed by atoms with E-state index in [0.29, 0.717) is 23.8 Å². The second-order valence-electron chi connectivity index (χ2n) is 8.04. The lowest BCUT2D eigenvalue weighted by Crippen LogP contribution is -2.08. The highest BCUT2D eigenvalue weighted by Crippen LogP contribution is 2.26. The minimum Gasteiger partial charge on any atom is -0.493 e. The molecule has 0 amide bonds. The first-order chi connectivity index (χ1) is 15.6. The number of hydrogen-bond donors (Lipinski definition) is 0. The van der Waals surface area contributed by atoms with Gasteiger partial charge < -0.3 is 9.47 Å². The molecule has 0 N–H and O–H groups in total. The van der Waals surface area contributed by atoms with Crippen molar-refractivity contribution in [1.29, 1.82) is 0 Å². The normalized spacial score (nSPS) is 11.6. The van der Waals surface area contributed by atoms with Gasteiger partial charge in [-0.25, -0.2) is 4.79 Å². The maximum absolute atomic E-state index is 12.7. The molecule has 0 fully saturated rings. The van der Waals surface area contributed by atoms with Crippen LogP contribution in [0.15, 0.2) is 72.8 Å². The van der Waals surface area contributed by atoms with Gasteiger partial charge in [-0.3, -0.25) is 0 Å². The van der Waals surface area contributed by atoms with Gasteiger partial charge in [0.25, 0.3) is 0 Å². The molecule has 0 heterocycles. The van der Waals surface area contributed by atoms with Crippen molar-refractivity contribution < 1.29 is 14.3 Å². The first-order valence-corrected chi connectivity index (χ1v) is 10.9. The lowest BCUT2D eigenvalue weighted by atomic mass is 10.0. The van der Waals surface area contributed by atoms with Gasteiger partial charge in [0.2, 0.25) is 0 Å². The average molecular weight is 423 g/mol. The third kappa shape index (κ3) is 4.92. The number of benzene rings is 4. The molecule has 0 aliphatic rings. The van der Waals surface area contributed by atoms with E-state index in [1.165, 1.54) is 0 Å². The Balaban J connectivity index is 1.50. The van der Waals surface area contributed by atoms with Crippen LogP contribution < -0.4 is 9.47 Å². The molecule has 0 radical (unpaired) electrons. The fraction of sp³-hybridized carbons (Fsp3) is 0.207. The summed E-state index contributed by atoms with van der Waals surface area (Å²) in [5.74, 6) is 7.47. The summed E-state index contributed by atoms with van der Waals surface area (Å²) >= 11 is 0. The standard InChI is InChI=1S/C29H26O3/c1-4-6-21-7-8-23-16-26(10-9-22(23)15-21)29(30)32-28-14-12-24-17-27(13-11-25(24)18-28)31-19-20(3)5-2/h7-18,20H,5,19H2,1-3H3. The number of ether oxygens (including phenoxy) is 2. The molecule has 1 atom stereocenters. The first-order valence-electron chi connectivity index (χ1n) is 10.9. The van der Waals surface area contributed by atoms with Gasteiger partial charge >= 0.3 is 5.97 Å². The molecule has 4 rings (SSSR count). The average Bonchev–Trinajstić information content (AvgIpc) is 2.82.